The summed E-state index contributed by atoms with van der Waals surface area (Å²) < 4.78 is 0. The van der Waals surface area contributed by atoms with Crippen LogP contribution in [0.2, 0.25) is 0 Å². The molecule has 0 bridgehead atoms. The fourth-order valence-electron chi connectivity index (χ4n) is 1.54. The molecule has 76 valence electrons. The van der Waals surface area contributed by atoms with Gasteiger partial charge < -0.3 is 15.1 Å². The van der Waals surface area contributed by atoms with Gasteiger partial charge in [-0.2, -0.15) is 0 Å². The molecule has 0 aromatic rings. The molecule has 0 spiro atoms. The summed E-state index contributed by atoms with van der Waals surface area (Å²) in [4.78, 5) is 12.9. The zero-order valence-electron chi connectivity index (χ0n) is 7.94. The molecule has 4 heteroatoms. The summed E-state index contributed by atoms with van der Waals surface area (Å²) in [5.41, 5.74) is 0. The Kier molecular flexibility index (Phi) is 3.69. The van der Waals surface area contributed by atoms with Crippen LogP contribution < -0.4 is 0 Å². The molecule has 13 heavy (non-hydrogen) atoms. The van der Waals surface area contributed by atoms with E-state index in [0.717, 1.165) is 0 Å². The average Bonchev–Trinajstić information content (AvgIpc) is 2.47. The molecule has 1 amide bonds. The summed E-state index contributed by atoms with van der Waals surface area (Å²) in [5, 5.41) is 18.2. The van der Waals surface area contributed by atoms with E-state index in [-0.39, 0.29) is 18.4 Å². The van der Waals surface area contributed by atoms with E-state index in [0.29, 0.717) is 25.9 Å². The van der Waals surface area contributed by atoms with Crippen molar-refractivity contribution in [2.24, 2.45) is 5.92 Å². The Labute approximate surface area is 78.2 Å². The van der Waals surface area contributed by atoms with Gasteiger partial charge in [0.25, 0.3) is 0 Å². The maximum atomic E-state index is 11.3. The van der Waals surface area contributed by atoms with Crippen molar-refractivity contribution < 1.29 is 15.0 Å². The predicted molar refractivity (Wildman–Crippen MR) is 48.1 cm³/mol. The lowest BCUT2D eigenvalue weighted by Crippen LogP contribution is -2.33. The second-order valence-corrected chi connectivity index (χ2v) is 3.61. The van der Waals surface area contributed by atoms with Crippen LogP contribution in [0.15, 0.2) is 0 Å². The highest BCUT2D eigenvalue weighted by Gasteiger charge is 2.29. The molecule has 1 fully saturated rings. The van der Waals surface area contributed by atoms with Crippen molar-refractivity contribution in [1.82, 2.24) is 4.90 Å². The highest BCUT2D eigenvalue weighted by molar-refractivity contribution is 5.78. The van der Waals surface area contributed by atoms with Gasteiger partial charge in [0.2, 0.25) is 5.91 Å². The van der Waals surface area contributed by atoms with Gasteiger partial charge in [-0.15, -0.1) is 0 Å². The van der Waals surface area contributed by atoms with Gasteiger partial charge in [0.1, 0.15) is 0 Å². The minimum Gasteiger partial charge on any atom is -0.396 e. The van der Waals surface area contributed by atoms with E-state index in [1.54, 1.807) is 4.90 Å². The molecule has 2 unspecified atom stereocenters. The number of hydrogen-bond donors (Lipinski definition) is 2. The van der Waals surface area contributed by atoms with Crippen molar-refractivity contribution in [3.05, 3.63) is 0 Å². The fraction of sp³-hybridized carbons (Fsp3) is 0.889. The van der Waals surface area contributed by atoms with E-state index >= 15 is 0 Å². The first kappa shape index (κ1) is 10.5. The summed E-state index contributed by atoms with van der Waals surface area (Å²) in [6.07, 6.45) is 0.655. The van der Waals surface area contributed by atoms with E-state index in [9.17, 15) is 9.90 Å². The van der Waals surface area contributed by atoms with Gasteiger partial charge in [-0.1, -0.05) is 6.92 Å². The first-order valence-corrected chi connectivity index (χ1v) is 4.74. The second-order valence-electron chi connectivity index (χ2n) is 3.61. The zero-order chi connectivity index (χ0) is 9.84. The van der Waals surface area contributed by atoms with Crippen LogP contribution in [0.1, 0.15) is 19.8 Å². The van der Waals surface area contributed by atoms with Crippen LogP contribution in [0.4, 0.5) is 0 Å². The molecule has 1 heterocycles. The molecule has 1 rings (SSSR count). The van der Waals surface area contributed by atoms with Crippen LogP contribution in [0.3, 0.4) is 0 Å². The lowest BCUT2D eigenvalue weighted by molar-refractivity contribution is -0.128. The van der Waals surface area contributed by atoms with Crippen LogP contribution in [0.25, 0.3) is 0 Å². The fourth-order valence-corrected chi connectivity index (χ4v) is 1.54. The van der Waals surface area contributed by atoms with E-state index in [4.69, 9.17) is 5.11 Å². The third-order valence-corrected chi connectivity index (χ3v) is 2.46. The minimum atomic E-state index is -0.429. The van der Waals surface area contributed by atoms with Gasteiger partial charge in [0.15, 0.2) is 0 Å². The molecule has 0 radical (unpaired) electrons. The molecule has 1 aliphatic rings. The number of amides is 1. The monoisotopic (exact) mass is 187 g/mol. The Bertz CT molecular complexity index is 184. The van der Waals surface area contributed by atoms with Crippen molar-refractivity contribution in [2.45, 2.75) is 25.9 Å². The van der Waals surface area contributed by atoms with E-state index < -0.39 is 6.10 Å². The number of rotatable bonds is 4. The van der Waals surface area contributed by atoms with Crippen molar-refractivity contribution in [1.29, 1.82) is 0 Å². The molecular formula is C9H17NO3. The van der Waals surface area contributed by atoms with Crippen molar-refractivity contribution in [3.8, 4) is 0 Å². The molecule has 1 aliphatic heterocycles. The number of nitrogens with zero attached hydrogens (tertiary/aromatic N) is 1. The van der Waals surface area contributed by atoms with Gasteiger partial charge in [-0.05, 0) is 6.42 Å². The molecule has 2 N–H and O–H groups in total. The highest BCUT2D eigenvalue weighted by Crippen LogP contribution is 2.17. The number of carbonyl (C=O) groups excluding carboxylic acids is 1. The van der Waals surface area contributed by atoms with Gasteiger partial charge >= 0.3 is 0 Å². The predicted octanol–water partition coefficient (Wildman–Crippen LogP) is -0.402. The molecule has 2 atom stereocenters. The maximum absolute atomic E-state index is 11.3. The Morgan fingerprint density at radius 2 is 2.38 bits per heavy atom. The Hall–Kier alpha value is -0.610. The third kappa shape index (κ3) is 2.67. The Morgan fingerprint density at radius 3 is 2.85 bits per heavy atom. The first-order valence-electron chi connectivity index (χ1n) is 4.74. The van der Waals surface area contributed by atoms with Crippen LogP contribution in [-0.2, 0) is 4.79 Å². The standard InChI is InChI=1S/C9H17NO3/c1-2-8(12)5-10-4-7(6-11)3-9(10)13/h7-8,11-12H,2-6H2,1H3. The largest absolute Gasteiger partial charge is 0.396 e. The van der Waals surface area contributed by atoms with Gasteiger partial charge in [-0.3, -0.25) is 4.79 Å². The summed E-state index contributed by atoms with van der Waals surface area (Å²) in [7, 11) is 0. The summed E-state index contributed by atoms with van der Waals surface area (Å²) in [6.45, 7) is 2.94. The number of carbonyl (C=O) groups is 1. The lowest BCUT2D eigenvalue weighted by atomic mass is 10.1. The van der Waals surface area contributed by atoms with Crippen LogP contribution in [0, 0.1) is 5.92 Å². The van der Waals surface area contributed by atoms with Crippen molar-refractivity contribution in [2.75, 3.05) is 19.7 Å². The third-order valence-electron chi connectivity index (χ3n) is 2.46. The summed E-state index contributed by atoms with van der Waals surface area (Å²) >= 11 is 0. The number of hydrogen-bond acceptors (Lipinski definition) is 3. The topological polar surface area (TPSA) is 60.8 Å². The lowest BCUT2D eigenvalue weighted by Gasteiger charge is -2.19. The summed E-state index contributed by atoms with van der Waals surface area (Å²) in [6, 6.07) is 0. The smallest absolute Gasteiger partial charge is 0.223 e. The molecule has 1 saturated heterocycles. The Morgan fingerprint density at radius 1 is 1.69 bits per heavy atom. The Balaban J connectivity index is 2.39. The van der Waals surface area contributed by atoms with E-state index in [2.05, 4.69) is 0 Å². The number of likely N-dealkylation sites (tertiary alicyclic amines) is 1. The highest BCUT2D eigenvalue weighted by atomic mass is 16.3. The molecule has 0 aromatic carbocycles. The first-order chi connectivity index (χ1) is 6.17. The van der Waals surface area contributed by atoms with Crippen LogP contribution in [-0.4, -0.2) is 46.8 Å². The summed E-state index contributed by atoms with van der Waals surface area (Å²) in [5.74, 6) is 0.114. The zero-order valence-corrected chi connectivity index (χ0v) is 7.94. The van der Waals surface area contributed by atoms with Gasteiger partial charge in [0, 0.05) is 32.0 Å². The molecule has 0 aliphatic carbocycles. The maximum Gasteiger partial charge on any atom is 0.223 e. The quantitative estimate of drug-likeness (QED) is 0.629. The number of aliphatic hydroxyl groups excluding tert-OH is 2. The normalized spacial score (nSPS) is 25.3. The van der Waals surface area contributed by atoms with E-state index in [1.165, 1.54) is 0 Å². The SMILES string of the molecule is CCC(O)CN1CC(CO)CC1=O. The average molecular weight is 187 g/mol. The van der Waals surface area contributed by atoms with Crippen molar-refractivity contribution in [3.63, 3.8) is 0 Å². The molecule has 0 saturated carbocycles. The minimum absolute atomic E-state index is 0.0477. The van der Waals surface area contributed by atoms with Gasteiger partial charge in [0.05, 0.1) is 6.10 Å². The second kappa shape index (κ2) is 4.58. The van der Waals surface area contributed by atoms with Crippen LogP contribution in [0.5, 0.6) is 0 Å². The molecule has 0 aromatic heterocycles. The molecule has 4 nitrogen and oxygen atoms in total. The molecular weight excluding hydrogens is 170 g/mol. The van der Waals surface area contributed by atoms with Crippen molar-refractivity contribution >= 4 is 5.91 Å². The van der Waals surface area contributed by atoms with Crippen LogP contribution >= 0.6 is 0 Å². The number of β-amino-alcohol motifs (C(OH)–C–C–N with tert-alkyl or cyclic N) is 1. The van der Waals surface area contributed by atoms with Gasteiger partial charge in [-0.25, -0.2) is 0 Å². The van der Waals surface area contributed by atoms with E-state index in [1.807, 2.05) is 6.92 Å². The number of aliphatic hydroxyl groups is 2.